The van der Waals surface area contributed by atoms with E-state index in [9.17, 15) is 9.59 Å². The van der Waals surface area contributed by atoms with Gasteiger partial charge in [0.1, 0.15) is 0 Å². The van der Waals surface area contributed by atoms with Crippen molar-refractivity contribution in [3.8, 4) is 0 Å². The third-order valence-electron chi connectivity index (χ3n) is 2.56. The average Bonchev–Trinajstić information content (AvgIpc) is 2.95. The van der Waals surface area contributed by atoms with Gasteiger partial charge in [-0.3, -0.25) is 10.1 Å². The Morgan fingerprint density at radius 2 is 1.96 bits per heavy atom. The molecule has 2 amide bonds. The number of hydrogen-bond acceptors (Lipinski definition) is 7. The van der Waals surface area contributed by atoms with Gasteiger partial charge < -0.3 is 10.1 Å². The first-order valence-corrected chi connectivity index (χ1v) is 8.63. The number of amides is 2. The second kappa shape index (κ2) is 8.49. The van der Waals surface area contributed by atoms with Crippen LogP contribution in [0, 0.1) is 6.92 Å². The average molecular weight is 352 g/mol. The minimum Gasteiger partial charge on any atom is -0.465 e. The standard InChI is InChI=1S/C14H16N4O3S2/c1-3-21-11(19)8-22-14-18-17-13(23-14)16-12(20)15-10-6-4-9(2)5-7-10/h4-7H,3,8H2,1-2H3,(H2,15,16,17,20). The van der Waals surface area contributed by atoms with Gasteiger partial charge in [-0.2, -0.15) is 0 Å². The van der Waals surface area contributed by atoms with E-state index in [2.05, 4.69) is 20.8 Å². The molecule has 2 rings (SSSR count). The van der Waals surface area contributed by atoms with Gasteiger partial charge in [-0.05, 0) is 26.0 Å². The third kappa shape index (κ3) is 5.87. The number of anilines is 2. The predicted molar refractivity (Wildman–Crippen MR) is 91.1 cm³/mol. The van der Waals surface area contributed by atoms with Gasteiger partial charge in [0.15, 0.2) is 4.34 Å². The maximum Gasteiger partial charge on any atom is 0.325 e. The number of carbonyl (C=O) groups is 2. The largest absolute Gasteiger partial charge is 0.465 e. The van der Waals surface area contributed by atoms with Gasteiger partial charge in [0.05, 0.1) is 12.4 Å². The van der Waals surface area contributed by atoms with Crippen LogP contribution < -0.4 is 10.6 Å². The van der Waals surface area contributed by atoms with Crippen LogP contribution in [0.2, 0.25) is 0 Å². The lowest BCUT2D eigenvalue weighted by Gasteiger charge is -2.04. The fourth-order valence-corrected chi connectivity index (χ4v) is 3.08. The number of benzene rings is 1. The molecule has 0 aliphatic rings. The number of esters is 1. The number of nitrogens with zero attached hydrogens (tertiary/aromatic N) is 2. The Labute approximate surface area is 141 Å². The van der Waals surface area contributed by atoms with Gasteiger partial charge in [-0.1, -0.05) is 40.8 Å². The minimum atomic E-state index is -0.396. The molecule has 0 bridgehead atoms. The fourth-order valence-electron chi connectivity index (χ4n) is 1.54. The Morgan fingerprint density at radius 3 is 2.65 bits per heavy atom. The highest BCUT2D eigenvalue weighted by Crippen LogP contribution is 2.25. The number of urea groups is 1. The van der Waals surface area contributed by atoms with E-state index >= 15 is 0 Å². The molecule has 1 aromatic heterocycles. The zero-order valence-electron chi connectivity index (χ0n) is 12.7. The van der Waals surface area contributed by atoms with Crippen molar-refractivity contribution in [2.75, 3.05) is 23.0 Å². The van der Waals surface area contributed by atoms with Crippen molar-refractivity contribution in [3.63, 3.8) is 0 Å². The molecule has 0 aliphatic carbocycles. The molecule has 1 aromatic carbocycles. The molecule has 0 saturated heterocycles. The lowest BCUT2D eigenvalue weighted by molar-refractivity contribution is -0.139. The summed E-state index contributed by atoms with van der Waals surface area (Å²) in [7, 11) is 0. The van der Waals surface area contributed by atoms with Crippen molar-refractivity contribution < 1.29 is 14.3 Å². The van der Waals surface area contributed by atoms with Crippen LogP contribution in [0.4, 0.5) is 15.6 Å². The van der Waals surface area contributed by atoms with Crippen molar-refractivity contribution in [2.45, 2.75) is 18.2 Å². The van der Waals surface area contributed by atoms with E-state index < -0.39 is 6.03 Å². The highest BCUT2D eigenvalue weighted by molar-refractivity contribution is 8.01. The van der Waals surface area contributed by atoms with Crippen molar-refractivity contribution in [1.82, 2.24) is 10.2 Å². The van der Waals surface area contributed by atoms with Crippen LogP contribution in [0.3, 0.4) is 0 Å². The van der Waals surface area contributed by atoms with Gasteiger partial charge in [0, 0.05) is 5.69 Å². The summed E-state index contributed by atoms with van der Waals surface area (Å²) in [5.41, 5.74) is 1.80. The van der Waals surface area contributed by atoms with Gasteiger partial charge in [0.25, 0.3) is 0 Å². The number of aromatic nitrogens is 2. The zero-order valence-corrected chi connectivity index (χ0v) is 14.3. The van der Waals surface area contributed by atoms with E-state index in [-0.39, 0.29) is 11.7 Å². The van der Waals surface area contributed by atoms with E-state index in [0.717, 1.165) is 5.56 Å². The molecule has 0 atom stereocenters. The topological polar surface area (TPSA) is 93.2 Å². The maximum absolute atomic E-state index is 11.9. The molecule has 0 spiro atoms. The Kier molecular flexibility index (Phi) is 6.36. The number of rotatable bonds is 6. The molecular weight excluding hydrogens is 336 g/mol. The van der Waals surface area contributed by atoms with Crippen molar-refractivity contribution in [2.24, 2.45) is 0 Å². The Balaban J connectivity index is 1.82. The first-order valence-electron chi connectivity index (χ1n) is 6.83. The number of ether oxygens (including phenoxy) is 1. The van der Waals surface area contributed by atoms with Crippen LogP contribution in [0.15, 0.2) is 28.6 Å². The predicted octanol–water partition coefficient (Wildman–Crippen LogP) is 3.15. The summed E-state index contributed by atoms with van der Waals surface area (Å²) in [5, 5.41) is 13.4. The Hall–Kier alpha value is -2.13. The SMILES string of the molecule is CCOC(=O)CSc1nnc(NC(=O)Nc2ccc(C)cc2)s1. The molecule has 9 heteroatoms. The number of nitrogens with one attached hydrogen (secondary N) is 2. The molecule has 0 unspecified atom stereocenters. The second-order valence-electron chi connectivity index (χ2n) is 4.41. The molecule has 0 fully saturated rings. The third-order valence-corrected chi connectivity index (χ3v) is 4.50. The zero-order chi connectivity index (χ0) is 16.7. The van der Waals surface area contributed by atoms with E-state index in [1.54, 1.807) is 6.92 Å². The number of carbonyl (C=O) groups excluding carboxylic acids is 2. The molecule has 122 valence electrons. The summed E-state index contributed by atoms with van der Waals surface area (Å²) in [6.45, 7) is 4.07. The summed E-state index contributed by atoms with van der Waals surface area (Å²) in [5.74, 6) is -0.141. The van der Waals surface area contributed by atoms with Gasteiger partial charge in [0.2, 0.25) is 5.13 Å². The van der Waals surface area contributed by atoms with Crippen molar-refractivity contribution >= 4 is 45.9 Å². The Morgan fingerprint density at radius 1 is 1.22 bits per heavy atom. The van der Waals surface area contributed by atoms with Crippen LogP contribution in [0.25, 0.3) is 0 Å². The quantitative estimate of drug-likeness (QED) is 0.471. The van der Waals surface area contributed by atoms with Crippen LogP contribution in [0.5, 0.6) is 0 Å². The summed E-state index contributed by atoms with van der Waals surface area (Å²) in [4.78, 5) is 23.1. The molecule has 2 N–H and O–H groups in total. The monoisotopic (exact) mass is 352 g/mol. The molecule has 2 aromatic rings. The van der Waals surface area contributed by atoms with Crippen molar-refractivity contribution in [1.29, 1.82) is 0 Å². The summed E-state index contributed by atoms with van der Waals surface area (Å²) < 4.78 is 5.41. The molecular formula is C14H16N4O3S2. The van der Waals surface area contributed by atoms with Gasteiger partial charge in [-0.25, -0.2) is 4.79 Å². The fraction of sp³-hybridized carbons (Fsp3) is 0.286. The van der Waals surface area contributed by atoms with Crippen LogP contribution >= 0.6 is 23.1 Å². The highest BCUT2D eigenvalue weighted by Gasteiger charge is 2.11. The van der Waals surface area contributed by atoms with E-state index in [1.165, 1.54) is 23.1 Å². The lowest BCUT2D eigenvalue weighted by Crippen LogP contribution is -2.19. The summed E-state index contributed by atoms with van der Waals surface area (Å²) in [6, 6.07) is 7.05. The van der Waals surface area contributed by atoms with E-state index in [4.69, 9.17) is 4.74 Å². The highest BCUT2D eigenvalue weighted by atomic mass is 32.2. The molecule has 0 saturated carbocycles. The number of thioether (sulfide) groups is 1. The van der Waals surface area contributed by atoms with Crippen LogP contribution in [0.1, 0.15) is 12.5 Å². The Bertz CT molecular complexity index is 673. The first kappa shape index (κ1) is 17.2. The van der Waals surface area contributed by atoms with Gasteiger partial charge >= 0.3 is 12.0 Å². The molecule has 7 nitrogen and oxygen atoms in total. The number of aryl methyl sites for hydroxylation is 1. The lowest BCUT2D eigenvalue weighted by atomic mass is 10.2. The molecule has 0 aliphatic heterocycles. The normalized spacial score (nSPS) is 10.2. The van der Waals surface area contributed by atoms with E-state index in [0.29, 0.717) is 21.8 Å². The summed E-state index contributed by atoms with van der Waals surface area (Å²) in [6.07, 6.45) is 0. The smallest absolute Gasteiger partial charge is 0.325 e. The maximum atomic E-state index is 11.9. The van der Waals surface area contributed by atoms with Gasteiger partial charge in [-0.15, -0.1) is 10.2 Å². The molecule has 0 radical (unpaired) electrons. The van der Waals surface area contributed by atoms with Crippen LogP contribution in [-0.4, -0.2) is 34.6 Å². The second-order valence-corrected chi connectivity index (χ2v) is 6.61. The first-order chi connectivity index (χ1) is 11.1. The summed E-state index contributed by atoms with van der Waals surface area (Å²) >= 11 is 2.42. The molecule has 1 heterocycles. The van der Waals surface area contributed by atoms with E-state index in [1.807, 2.05) is 31.2 Å². The molecule has 23 heavy (non-hydrogen) atoms. The minimum absolute atomic E-state index is 0.165. The van der Waals surface area contributed by atoms with Crippen LogP contribution in [-0.2, 0) is 9.53 Å². The number of hydrogen-bond donors (Lipinski definition) is 2. The van der Waals surface area contributed by atoms with Crippen molar-refractivity contribution in [3.05, 3.63) is 29.8 Å².